The van der Waals surface area contributed by atoms with E-state index >= 15 is 0 Å². The number of para-hydroxylation sites is 1. The van der Waals surface area contributed by atoms with Crippen molar-refractivity contribution in [2.45, 2.75) is 32.2 Å². The molecule has 0 amide bonds. The second-order valence-corrected chi connectivity index (χ2v) is 7.05. The van der Waals surface area contributed by atoms with Crippen LogP contribution in [0.25, 0.3) is 5.69 Å². The number of aryl methyl sites for hydroxylation is 2. The summed E-state index contributed by atoms with van der Waals surface area (Å²) in [6, 6.07) is 11.9. The number of nitrogens with zero attached hydrogens (tertiary/aromatic N) is 5. The molecule has 136 valence electrons. The van der Waals surface area contributed by atoms with Gasteiger partial charge in [-0.25, -0.2) is 14.0 Å². The SMILES string of the molecule is Cc1cc(CN2CCC[C@H](c3nn(C)c(=O)n3-c3ccccc3)C2)n[nH]1. The lowest BCUT2D eigenvalue weighted by Gasteiger charge is -2.31. The van der Waals surface area contributed by atoms with Crippen LogP contribution in [0.15, 0.2) is 41.2 Å². The molecule has 7 heteroatoms. The molecule has 1 N–H and O–H groups in total. The van der Waals surface area contributed by atoms with Gasteiger partial charge in [-0.3, -0.25) is 10.00 Å². The van der Waals surface area contributed by atoms with E-state index in [4.69, 9.17) is 0 Å². The average Bonchev–Trinajstić information content (AvgIpc) is 3.19. The second kappa shape index (κ2) is 6.92. The van der Waals surface area contributed by atoms with Crippen LogP contribution in [-0.2, 0) is 13.6 Å². The largest absolute Gasteiger partial charge is 0.350 e. The highest BCUT2D eigenvalue weighted by Gasteiger charge is 2.27. The average molecular weight is 352 g/mol. The van der Waals surface area contributed by atoms with Crippen LogP contribution in [0.4, 0.5) is 0 Å². The van der Waals surface area contributed by atoms with E-state index in [1.54, 1.807) is 11.6 Å². The number of hydrogen-bond acceptors (Lipinski definition) is 4. The molecule has 3 heterocycles. The molecule has 0 spiro atoms. The molecule has 1 aliphatic heterocycles. The predicted molar refractivity (Wildman–Crippen MR) is 99.4 cm³/mol. The van der Waals surface area contributed by atoms with E-state index in [1.807, 2.05) is 37.3 Å². The summed E-state index contributed by atoms with van der Waals surface area (Å²) < 4.78 is 3.20. The van der Waals surface area contributed by atoms with Crippen molar-refractivity contribution in [3.63, 3.8) is 0 Å². The third kappa shape index (κ3) is 3.22. The maximum atomic E-state index is 12.6. The number of aromatic nitrogens is 5. The zero-order valence-electron chi connectivity index (χ0n) is 15.2. The monoisotopic (exact) mass is 352 g/mol. The van der Waals surface area contributed by atoms with Crippen molar-refractivity contribution in [2.75, 3.05) is 13.1 Å². The molecule has 0 unspecified atom stereocenters. The summed E-state index contributed by atoms with van der Waals surface area (Å²) in [4.78, 5) is 15.0. The zero-order chi connectivity index (χ0) is 18.1. The first-order valence-electron chi connectivity index (χ1n) is 9.06. The highest BCUT2D eigenvalue weighted by Crippen LogP contribution is 2.27. The molecule has 1 atom stereocenters. The summed E-state index contributed by atoms with van der Waals surface area (Å²) in [5.74, 6) is 1.09. The molecular weight excluding hydrogens is 328 g/mol. The number of nitrogens with one attached hydrogen (secondary N) is 1. The van der Waals surface area contributed by atoms with Gasteiger partial charge >= 0.3 is 5.69 Å². The van der Waals surface area contributed by atoms with Crippen LogP contribution in [0.3, 0.4) is 0 Å². The number of H-pyrrole nitrogens is 1. The topological polar surface area (TPSA) is 71.7 Å². The number of aromatic amines is 1. The van der Waals surface area contributed by atoms with E-state index in [9.17, 15) is 4.79 Å². The van der Waals surface area contributed by atoms with E-state index in [0.717, 1.165) is 55.4 Å². The first-order valence-corrected chi connectivity index (χ1v) is 9.06. The summed E-state index contributed by atoms with van der Waals surface area (Å²) in [5, 5.41) is 11.9. The summed E-state index contributed by atoms with van der Waals surface area (Å²) in [5.41, 5.74) is 2.92. The molecule has 2 aromatic heterocycles. The predicted octanol–water partition coefficient (Wildman–Crippen LogP) is 1.98. The summed E-state index contributed by atoms with van der Waals surface area (Å²) in [7, 11) is 1.72. The van der Waals surface area contributed by atoms with Gasteiger partial charge in [0.2, 0.25) is 0 Å². The number of benzene rings is 1. The van der Waals surface area contributed by atoms with Gasteiger partial charge in [-0.05, 0) is 44.5 Å². The molecule has 1 aliphatic rings. The third-order valence-electron chi connectivity index (χ3n) is 4.98. The van der Waals surface area contributed by atoms with Crippen LogP contribution in [0.2, 0.25) is 0 Å². The third-order valence-corrected chi connectivity index (χ3v) is 4.98. The van der Waals surface area contributed by atoms with Gasteiger partial charge < -0.3 is 0 Å². The Kier molecular flexibility index (Phi) is 4.46. The molecule has 0 radical (unpaired) electrons. The van der Waals surface area contributed by atoms with Gasteiger partial charge in [0.05, 0.1) is 11.4 Å². The van der Waals surface area contributed by atoms with Gasteiger partial charge in [0.1, 0.15) is 5.82 Å². The van der Waals surface area contributed by atoms with Gasteiger partial charge in [-0.1, -0.05) is 18.2 Å². The Labute approximate surface area is 152 Å². The minimum Gasteiger partial charge on any atom is -0.297 e. The van der Waals surface area contributed by atoms with E-state index in [0.29, 0.717) is 0 Å². The summed E-state index contributed by atoms with van der Waals surface area (Å²) >= 11 is 0. The zero-order valence-corrected chi connectivity index (χ0v) is 15.2. The fourth-order valence-corrected chi connectivity index (χ4v) is 3.76. The molecule has 7 nitrogen and oxygen atoms in total. The summed E-state index contributed by atoms with van der Waals surface area (Å²) in [6.45, 7) is 4.77. The maximum absolute atomic E-state index is 12.6. The van der Waals surface area contributed by atoms with E-state index in [1.165, 1.54) is 4.68 Å². The van der Waals surface area contributed by atoms with Crippen molar-refractivity contribution in [1.82, 2.24) is 29.4 Å². The Balaban J connectivity index is 1.61. The highest BCUT2D eigenvalue weighted by molar-refractivity contribution is 5.33. The molecule has 0 aliphatic carbocycles. The van der Waals surface area contributed by atoms with Gasteiger partial charge in [-0.15, -0.1) is 0 Å². The van der Waals surface area contributed by atoms with Crippen molar-refractivity contribution >= 4 is 0 Å². The maximum Gasteiger partial charge on any atom is 0.350 e. The highest BCUT2D eigenvalue weighted by atomic mass is 16.2. The van der Waals surface area contributed by atoms with Gasteiger partial charge in [0.15, 0.2) is 0 Å². The normalized spacial score (nSPS) is 18.3. The minimum absolute atomic E-state index is 0.0914. The van der Waals surface area contributed by atoms with Crippen LogP contribution in [0.5, 0.6) is 0 Å². The van der Waals surface area contributed by atoms with Crippen LogP contribution in [-0.4, -0.2) is 42.5 Å². The number of rotatable bonds is 4. The minimum atomic E-state index is -0.0914. The Morgan fingerprint density at radius 2 is 2.08 bits per heavy atom. The van der Waals surface area contributed by atoms with E-state index in [2.05, 4.69) is 26.3 Å². The van der Waals surface area contributed by atoms with Crippen LogP contribution >= 0.6 is 0 Å². The first-order chi connectivity index (χ1) is 12.6. The molecule has 1 fully saturated rings. The quantitative estimate of drug-likeness (QED) is 0.779. The smallest absolute Gasteiger partial charge is 0.297 e. The fourth-order valence-electron chi connectivity index (χ4n) is 3.76. The summed E-state index contributed by atoms with van der Waals surface area (Å²) in [6.07, 6.45) is 2.13. The van der Waals surface area contributed by atoms with Crippen molar-refractivity contribution in [3.8, 4) is 5.69 Å². The molecule has 0 bridgehead atoms. The molecule has 0 saturated carbocycles. The van der Waals surface area contributed by atoms with Crippen molar-refractivity contribution in [1.29, 1.82) is 0 Å². The van der Waals surface area contributed by atoms with Crippen LogP contribution in [0.1, 0.15) is 36.0 Å². The van der Waals surface area contributed by atoms with Crippen molar-refractivity contribution in [3.05, 3.63) is 64.1 Å². The van der Waals surface area contributed by atoms with E-state index < -0.39 is 0 Å². The van der Waals surface area contributed by atoms with Crippen LogP contribution in [0, 0.1) is 6.92 Å². The lowest BCUT2D eigenvalue weighted by molar-refractivity contribution is 0.193. The fraction of sp³-hybridized carbons (Fsp3) is 0.421. The molecular formula is C19H24N6O. The number of piperidine rings is 1. The Morgan fingerprint density at radius 1 is 1.27 bits per heavy atom. The number of hydrogen-bond donors (Lipinski definition) is 1. The molecule has 3 aromatic rings. The van der Waals surface area contributed by atoms with Gasteiger partial charge in [0, 0.05) is 31.7 Å². The Bertz CT molecular complexity index is 939. The van der Waals surface area contributed by atoms with Crippen molar-refractivity contribution < 1.29 is 0 Å². The molecule has 1 aromatic carbocycles. The lowest BCUT2D eigenvalue weighted by Crippen LogP contribution is -2.35. The standard InChI is InChI=1S/C19H24N6O/c1-14-11-16(21-20-14)13-24-10-6-7-15(12-24)18-22-23(2)19(26)25(18)17-8-4-3-5-9-17/h3-5,8-9,11,15H,6-7,10,12-13H2,1-2H3,(H,20,21)/t15-/m0/s1. The molecule has 26 heavy (non-hydrogen) atoms. The Morgan fingerprint density at radius 3 is 2.81 bits per heavy atom. The van der Waals surface area contributed by atoms with Gasteiger partial charge in [0.25, 0.3) is 0 Å². The number of likely N-dealkylation sites (tertiary alicyclic amines) is 1. The first kappa shape index (κ1) is 16.8. The van der Waals surface area contributed by atoms with E-state index in [-0.39, 0.29) is 11.6 Å². The Hall–Kier alpha value is -2.67. The van der Waals surface area contributed by atoms with Crippen molar-refractivity contribution in [2.24, 2.45) is 7.05 Å². The lowest BCUT2D eigenvalue weighted by atomic mass is 9.97. The second-order valence-electron chi connectivity index (χ2n) is 7.05. The van der Waals surface area contributed by atoms with Gasteiger partial charge in [-0.2, -0.15) is 10.2 Å². The van der Waals surface area contributed by atoms with Crippen LogP contribution < -0.4 is 5.69 Å². The molecule has 4 rings (SSSR count). The molecule has 1 saturated heterocycles.